The molecular formula is C14H22O3. The first-order valence-corrected chi connectivity index (χ1v) is 6.42. The van der Waals surface area contributed by atoms with Crippen LogP contribution in [0.4, 0.5) is 0 Å². The average Bonchev–Trinajstić information content (AvgIpc) is 2.36. The molecule has 17 heavy (non-hydrogen) atoms. The van der Waals surface area contributed by atoms with Crippen LogP contribution >= 0.6 is 0 Å². The van der Waals surface area contributed by atoms with Crippen LogP contribution in [0, 0.1) is 0 Å². The third-order valence-corrected chi connectivity index (χ3v) is 2.69. The van der Waals surface area contributed by atoms with Gasteiger partial charge in [-0.05, 0) is 45.6 Å². The second-order valence-corrected chi connectivity index (χ2v) is 4.05. The normalized spacial score (nSPS) is 16.6. The monoisotopic (exact) mass is 238 g/mol. The quantitative estimate of drug-likeness (QED) is 0.527. The lowest BCUT2D eigenvalue weighted by molar-refractivity contribution is -0.139. The zero-order chi connectivity index (χ0) is 12.5. The Morgan fingerprint density at radius 3 is 2.76 bits per heavy atom. The summed E-state index contributed by atoms with van der Waals surface area (Å²) in [6.45, 7) is 5.09. The largest absolute Gasteiger partial charge is 0.463 e. The SMILES string of the molecule is CCOCC(=CC1=CCCCC1)C(=O)OCC. The van der Waals surface area contributed by atoms with Gasteiger partial charge in [0.15, 0.2) is 0 Å². The Hall–Kier alpha value is -1.09. The molecule has 96 valence electrons. The highest BCUT2D eigenvalue weighted by Gasteiger charge is 2.12. The third-order valence-electron chi connectivity index (χ3n) is 2.69. The van der Waals surface area contributed by atoms with E-state index in [-0.39, 0.29) is 5.97 Å². The van der Waals surface area contributed by atoms with E-state index in [0.29, 0.717) is 25.4 Å². The van der Waals surface area contributed by atoms with Crippen LogP contribution in [0.2, 0.25) is 0 Å². The van der Waals surface area contributed by atoms with Crippen LogP contribution < -0.4 is 0 Å². The van der Waals surface area contributed by atoms with Gasteiger partial charge >= 0.3 is 5.97 Å². The summed E-state index contributed by atoms with van der Waals surface area (Å²) in [5.41, 5.74) is 1.86. The molecule has 0 saturated heterocycles. The predicted octanol–water partition coefficient (Wildman–Crippen LogP) is 3.01. The molecule has 0 amide bonds. The molecule has 0 saturated carbocycles. The Bertz CT molecular complexity index is 303. The van der Waals surface area contributed by atoms with Gasteiger partial charge < -0.3 is 9.47 Å². The molecule has 0 N–H and O–H groups in total. The van der Waals surface area contributed by atoms with E-state index in [2.05, 4.69) is 6.08 Å². The Kier molecular flexibility index (Phi) is 6.63. The second kappa shape index (κ2) is 8.07. The Labute approximate surface area is 103 Å². The first-order chi connectivity index (χ1) is 8.27. The molecule has 1 rings (SSSR count). The van der Waals surface area contributed by atoms with Crippen molar-refractivity contribution in [3.05, 3.63) is 23.3 Å². The number of carbonyl (C=O) groups excluding carboxylic acids is 1. The lowest BCUT2D eigenvalue weighted by Gasteiger charge is -2.12. The molecule has 0 aromatic carbocycles. The van der Waals surface area contributed by atoms with Crippen LogP contribution in [0.5, 0.6) is 0 Å². The fourth-order valence-corrected chi connectivity index (χ4v) is 1.81. The molecular weight excluding hydrogens is 216 g/mol. The molecule has 0 radical (unpaired) electrons. The van der Waals surface area contributed by atoms with E-state index in [0.717, 1.165) is 12.8 Å². The van der Waals surface area contributed by atoms with Crippen LogP contribution in [0.25, 0.3) is 0 Å². The highest BCUT2D eigenvalue weighted by atomic mass is 16.5. The van der Waals surface area contributed by atoms with E-state index in [4.69, 9.17) is 9.47 Å². The first kappa shape index (κ1) is 14.0. The van der Waals surface area contributed by atoms with Crippen molar-refractivity contribution in [2.75, 3.05) is 19.8 Å². The van der Waals surface area contributed by atoms with Gasteiger partial charge in [-0.15, -0.1) is 0 Å². The minimum Gasteiger partial charge on any atom is -0.463 e. The molecule has 0 fully saturated rings. The van der Waals surface area contributed by atoms with E-state index in [1.54, 1.807) is 0 Å². The van der Waals surface area contributed by atoms with Gasteiger partial charge in [0.25, 0.3) is 0 Å². The first-order valence-electron chi connectivity index (χ1n) is 6.42. The average molecular weight is 238 g/mol. The fourth-order valence-electron chi connectivity index (χ4n) is 1.81. The predicted molar refractivity (Wildman–Crippen MR) is 67.8 cm³/mol. The molecule has 3 heteroatoms. The molecule has 3 nitrogen and oxygen atoms in total. The fraction of sp³-hybridized carbons (Fsp3) is 0.643. The van der Waals surface area contributed by atoms with E-state index < -0.39 is 0 Å². The van der Waals surface area contributed by atoms with Crippen molar-refractivity contribution >= 4 is 5.97 Å². The number of carbonyl (C=O) groups is 1. The second-order valence-electron chi connectivity index (χ2n) is 4.05. The summed E-state index contributed by atoms with van der Waals surface area (Å²) in [6.07, 6.45) is 8.75. The van der Waals surface area contributed by atoms with Gasteiger partial charge in [-0.2, -0.15) is 0 Å². The van der Waals surface area contributed by atoms with Crippen molar-refractivity contribution < 1.29 is 14.3 Å². The van der Waals surface area contributed by atoms with Crippen LogP contribution in [-0.4, -0.2) is 25.8 Å². The van der Waals surface area contributed by atoms with Gasteiger partial charge in [0.2, 0.25) is 0 Å². The highest BCUT2D eigenvalue weighted by Crippen LogP contribution is 2.20. The van der Waals surface area contributed by atoms with Crippen LogP contribution in [-0.2, 0) is 14.3 Å². The molecule has 0 aromatic rings. The zero-order valence-corrected chi connectivity index (χ0v) is 10.8. The standard InChI is InChI=1S/C14H22O3/c1-3-16-11-13(14(15)17-4-2)10-12-8-6-5-7-9-12/h8,10H,3-7,9,11H2,1-2H3. The summed E-state index contributed by atoms with van der Waals surface area (Å²) < 4.78 is 10.3. The van der Waals surface area contributed by atoms with Gasteiger partial charge in [0.1, 0.15) is 0 Å². The summed E-state index contributed by atoms with van der Waals surface area (Å²) in [7, 11) is 0. The van der Waals surface area contributed by atoms with Crippen molar-refractivity contribution in [1.82, 2.24) is 0 Å². The van der Waals surface area contributed by atoms with Crippen molar-refractivity contribution in [2.45, 2.75) is 39.5 Å². The molecule has 1 aliphatic carbocycles. The number of hydrogen-bond acceptors (Lipinski definition) is 3. The number of rotatable bonds is 6. The van der Waals surface area contributed by atoms with E-state index in [9.17, 15) is 4.79 Å². The Morgan fingerprint density at radius 2 is 2.18 bits per heavy atom. The lowest BCUT2D eigenvalue weighted by atomic mass is 9.98. The minimum atomic E-state index is -0.257. The van der Waals surface area contributed by atoms with E-state index >= 15 is 0 Å². The highest BCUT2D eigenvalue weighted by molar-refractivity contribution is 5.89. The molecule has 0 aliphatic heterocycles. The molecule has 0 unspecified atom stereocenters. The lowest BCUT2D eigenvalue weighted by Crippen LogP contribution is -2.13. The number of hydrogen-bond donors (Lipinski definition) is 0. The summed E-state index contributed by atoms with van der Waals surface area (Å²) in [4.78, 5) is 11.7. The van der Waals surface area contributed by atoms with Crippen molar-refractivity contribution in [3.63, 3.8) is 0 Å². The minimum absolute atomic E-state index is 0.257. The van der Waals surface area contributed by atoms with Crippen molar-refractivity contribution in [2.24, 2.45) is 0 Å². The molecule has 0 bridgehead atoms. The molecule has 0 heterocycles. The van der Waals surface area contributed by atoms with Crippen LogP contribution in [0.1, 0.15) is 39.5 Å². The number of ether oxygens (including phenoxy) is 2. The summed E-state index contributed by atoms with van der Waals surface area (Å²) in [5, 5.41) is 0. The van der Waals surface area contributed by atoms with E-state index in [1.807, 2.05) is 19.9 Å². The van der Waals surface area contributed by atoms with Crippen molar-refractivity contribution in [3.8, 4) is 0 Å². The Balaban J connectivity index is 2.69. The van der Waals surface area contributed by atoms with Gasteiger partial charge in [-0.1, -0.05) is 11.6 Å². The smallest absolute Gasteiger partial charge is 0.336 e. The maximum Gasteiger partial charge on any atom is 0.336 e. The molecule has 0 atom stereocenters. The summed E-state index contributed by atoms with van der Waals surface area (Å²) in [5.74, 6) is -0.257. The maximum absolute atomic E-state index is 11.7. The van der Waals surface area contributed by atoms with Gasteiger partial charge in [-0.25, -0.2) is 4.79 Å². The van der Waals surface area contributed by atoms with Crippen molar-refractivity contribution in [1.29, 1.82) is 0 Å². The van der Waals surface area contributed by atoms with Gasteiger partial charge in [-0.3, -0.25) is 0 Å². The number of esters is 1. The molecule has 0 aromatic heterocycles. The van der Waals surface area contributed by atoms with Crippen LogP contribution in [0.15, 0.2) is 23.3 Å². The topological polar surface area (TPSA) is 35.5 Å². The molecule has 1 aliphatic rings. The van der Waals surface area contributed by atoms with Crippen LogP contribution in [0.3, 0.4) is 0 Å². The van der Waals surface area contributed by atoms with E-state index in [1.165, 1.54) is 18.4 Å². The summed E-state index contributed by atoms with van der Waals surface area (Å²) in [6, 6.07) is 0. The maximum atomic E-state index is 11.7. The molecule has 0 spiro atoms. The number of allylic oxidation sites excluding steroid dienone is 3. The van der Waals surface area contributed by atoms with Gasteiger partial charge in [0.05, 0.1) is 18.8 Å². The third kappa shape index (κ3) is 5.18. The van der Waals surface area contributed by atoms with Gasteiger partial charge in [0, 0.05) is 6.61 Å². The Morgan fingerprint density at radius 1 is 1.35 bits per heavy atom. The zero-order valence-electron chi connectivity index (χ0n) is 10.8. The summed E-state index contributed by atoms with van der Waals surface area (Å²) >= 11 is 0.